The number of ether oxygens (including phenoxy) is 1. The normalized spacial score (nSPS) is 11.0. The highest BCUT2D eigenvalue weighted by Gasteiger charge is 2.30. The number of likely N-dealkylation sites (N-methyl/N-ethyl adjacent to an activating group) is 1. The SMILES string of the molecule is CNC(=O)C(CCC=O)N(C=O)C(=O)c1cccc(CNC(=O)COC(=N)c2ccccc2)c1C. The number of hydrogen-bond donors (Lipinski definition) is 3. The van der Waals surface area contributed by atoms with Crippen LogP contribution in [-0.4, -0.2) is 60.9 Å². The number of carbonyl (C=O) groups is 5. The van der Waals surface area contributed by atoms with Gasteiger partial charge in [-0.2, -0.15) is 0 Å². The molecule has 2 rings (SSSR count). The van der Waals surface area contributed by atoms with E-state index in [0.29, 0.717) is 23.0 Å². The molecule has 10 heteroatoms. The highest BCUT2D eigenvalue weighted by Crippen LogP contribution is 2.18. The van der Waals surface area contributed by atoms with Gasteiger partial charge in [0.15, 0.2) is 6.61 Å². The molecule has 35 heavy (non-hydrogen) atoms. The Labute approximate surface area is 203 Å². The van der Waals surface area contributed by atoms with Gasteiger partial charge in [-0.3, -0.25) is 29.5 Å². The molecule has 4 amide bonds. The van der Waals surface area contributed by atoms with Crippen molar-refractivity contribution in [3.05, 3.63) is 70.8 Å². The number of rotatable bonds is 12. The lowest BCUT2D eigenvalue weighted by atomic mass is 10.00. The second kappa shape index (κ2) is 13.4. The molecular weight excluding hydrogens is 452 g/mol. The van der Waals surface area contributed by atoms with E-state index < -0.39 is 23.8 Å². The topological polar surface area (TPSA) is 146 Å². The number of nitrogens with zero attached hydrogens (tertiary/aromatic N) is 1. The Morgan fingerprint density at radius 1 is 1.09 bits per heavy atom. The van der Waals surface area contributed by atoms with Crippen LogP contribution >= 0.6 is 0 Å². The summed E-state index contributed by atoms with van der Waals surface area (Å²) < 4.78 is 5.22. The van der Waals surface area contributed by atoms with E-state index in [1.165, 1.54) is 13.1 Å². The van der Waals surface area contributed by atoms with E-state index in [9.17, 15) is 24.0 Å². The van der Waals surface area contributed by atoms with Gasteiger partial charge in [-0.05, 0) is 42.7 Å². The summed E-state index contributed by atoms with van der Waals surface area (Å²) in [5.74, 6) is -1.83. The van der Waals surface area contributed by atoms with E-state index in [4.69, 9.17) is 10.1 Å². The van der Waals surface area contributed by atoms with E-state index in [0.717, 1.165) is 4.90 Å². The molecule has 184 valence electrons. The first-order chi connectivity index (χ1) is 16.8. The van der Waals surface area contributed by atoms with Crippen molar-refractivity contribution >= 4 is 36.3 Å². The lowest BCUT2D eigenvalue weighted by Gasteiger charge is -2.25. The molecule has 1 unspecified atom stereocenters. The van der Waals surface area contributed by atoms with Gasteiger partial charge in [0, 0.05) is 31.1 Å². The van der Waals surface area contributed by atoms with Crippen LogP contribution in [0.3, 0.4) is 0 Å². The van der Waals surface area contributed by atoms with Crippen LogP contribution in [0.15, 0.2) is 48.5 Å². The zero-order chi connectivity index (χ0) is 25.8. The van der Waals surface area contributed by atoms with Crippen molar-refractivity contribution in [1.82, 2.24) is 15.5 Å². The van der Waals surface area contributed by atoms with Gasteiger partial charge < -0.3 is 20.2 Å². The summed E-state index contributed by atoms with van der Waals surface area (Å²) in [5, 5.41) is 13.0. The summed E-state index contributed by atoms with van der Waals surface area (Å²) in [6.45, 7) is 1.40. The maximum absolute atomic E-state index is 13.1. The molecule has 0 aliphatic carbocycles. The van der Waals surface area contributed by atoms with Crippen LogP contribution in [0.1, 0.15) is 39.9 Å². The highest BCUT2D eigenvalue weighted by atomic mass is 16.5. The van der Waals surface area contributed by atoms with Gasteiger partial charge in [0.05, 0.1) is 0 Å². The summed E-state index contributed by atoms with van der Waals surface area (Å²) in [4.78, 5) is 60.8. The van der Waals surface area contributed by atoms with Crippen LogP contribution in [0.5, 0.6) is 0 Å². The fraction of sp³-hybridized carbons (Fsp3) is 0.280. The Hall–Kier alpha value is -4.34. The number of benzene rings is 2. The van der Waals surface area contributed by atoms with Crippen molar-refractivity contribution in [2.45, 2.75) is 32.4 Å². The van der Waals surface area contributed by atoms with Gasteiger partial charge >= 0.3 is 0 Å². The molecule has 0 saturated heterocycles. The van der Waals surface area contributed by atoms with Crippen molar-refractivity contribution in [3.8, 4) is 0 Å². The molecule has 1 atom stereocenters. The molecule has 3 N–H and O–H groups in total. The second-order valence-corrected chi connectivity index (χ2v) is 7.54. The Balaban J connectivity index is 2.07. The van der Waals surface area contributed by atoms with Gasteiger partial charge in [0.2, 0.25) is 18.2 Å². The van der Waals surface area contributed by atoms with Crippen LogP contribution in [0, 0.1) is 12.3 Å². The van der Waals surface area contributed by atoms with Crippen LogP contribution in [0.4, 0.5) is 0 Å². The first kappa shape index (κ1) is 26.9. The zero-order valence-corrected chi connectivity index (χ0v) is 19.6. The summed E-state index contributed by atoms with van der Waals surface area (Å²) in [6.07, 6.45) is 0.897. The van der Waals surface area contributed by atoms with Gasteiger partial charge in [-0.25, -0.2) is 0 Å². The zero-order valence-electron chi connectivity index (χ0n) is 19.6. The minimum atomic E-state index is -1.13. The molecular formula is C25H28N4O6. The average molecular weight is 481 g/mol. The molecule has 0 radical (unpaired) electrons. The van der Waals surface area contributed by atoms with Crippen LogP contribution < -0.4 is 10.6 Å². The Morgan fingerprint density at radius 3 is 2.43 bits per heavy atom. The number of carbonyl (C=O) groups excluding carboxylic acids is 5. The number of hydrogen-bond acceptors (Lipinski definition) is 7. The maximum Gasteiger partial charge on any atom is 0.261 e. The van der Waals surface area contributed by atoms with E-state index in [-0.39, 0.29) is 43.9 Å². The van der Waals surface area contributed by atoms with Crippen molar-refractivity contribution < 1.29 is 28.7 Å². The molecule has 2 aromatic rings. The molecule has 0 fully saturated rings. The molecule has 0 bridgehead atoms. The number of amides is 4. The second-order valence-electron chi connectivity index (χ2n) is 7.54. The molecule has 0 spiro atoms. The number of aldehydes is 1. The van der Waals surface area contributed by atoms with Crippen LogP contribution in [-0.2, 0) is 30.5 Å². The Kier molecular flexibility index (Phi) is 10.3. The molecule has 0 aliphatic rings. The lowest BCUT2D eigenvalue weighted by molar-refractivity contribution is -0.131. The predicted molar refractivity (Wildman–Crippen MR) is 128 cm³/mol. The van der Waals surface area contributed by atoms with Crippen molar-refractivity contribution in [1.29, 1.82) is 5.41 Å². The maximum atomic E-state index is 13.1. The van der Waals surface area contributed by atoms with Gasteiger partial charge in [0.25, 0.3) is 11.8 Å². The van der Waals surface area contributed by atoms with E-state index >= 15 is 0 Å². The van der Waals surface area contributed by atoms with Crippen LogP contribution in [0.2, 0.25) is 0 Å². The van der Waals surface area contributed by atoms with E-state index in [2.05, 4.69) is 10.6 Å². The summed E-state index contributed by atoms with van der Waals surface area (Å²) in [6, 6.07) is 12.4. The standard InChI is InChI=1S/C25H28N4O6/c1-17-19(14-28-22(32)15-35-23(26)18-8-4-3-5-9-18)10-6-11-20(17)25(34)29(16-31)21(12-7-13-30)24(33)27-2/h3-6,8-11,13,16,21,26H,7,12,14-15H2,1-2H3,(H,27,33)(H,28,32). The lowest BCUT2D eigenvalue weighted by Crippen LogP contribution is -2.48. The predicted octanol–water partition coefficient (Wildman–Crippen LogP) is 1.35. The van der Waals surface area contributed by atoms with Crippen LogP contribution in [0.25, 0.3) is 0 Å². The number of imide groups is 1. The Morgan fingerprint density at radius 2 is 1.80 bits per heavy atom. The molecule has 2 aromatic carbocycles. The average Bonchev–Trinajstić information content (AvgIpc) is 2.88. The first-order valence-electron chi connectivity index (χ1n) is 10.9. The third-order valence-corrected chi connectivity index (χ3v) is 5.33. The molecule has 0 heterocycles. The van der Waals surface area contributed by atoms with Gasteiger partial charge in [-0.1, -0.05) is 30.3 Å². The molecule has 0 aromatic heterocycles. The molecule has 0 saturated carbocycles. The largest absolute Gasteiger partial charge is 0.468 e. The fourth-order valence-corrected chi connectivity index (χ4v) is 3.35. The molecule has 10 nitrogen and oxygen atoms in total. The minimum Gasteiger partial charge on any atom is -0.468 e. The number of nitrogens with one attached hydrogen (secondary N) is 3. The summed E-state index contributed by atoms with van der Waals surface area (Å²) in [7, 11) is 1.38. The third-order valence-electron chi connectivity index (χ3n) is 5.33. The van der Waals surface area contributed by atoms with Gasteiger partial charge in [-0.15, -0.1) is 0 Å². The van der Waals surface area contributed by atoms with Crippen molar-refractivity contribution in [2.75, 3.05) is 13.7 Å². The quantitative estimate of drug-likeness (QED) is 0.237. The molecule has 0 aliphatic heterocycles. The van der Waals surface area contributed by atoms with Crippen molar-refractivity contribution in [3.63, 3.8) is 0 Å². The fourth-order valence-electron chi connectivity index (χ4n) is 3.35. The van der Waals surface area contributed by atoms with E-state index in [1.54, 1.807) is 43.3 Å². The van der Waals surface area contributed by atoms with Gasteiger partial charge in [0.1, 0.15) is 12.3 Å². The third kappa shape index (κ3) is 7.32. The smallest absolute Gasteiger partial charge is 0.261 e. The highest BCUT2D eigenvalue weighted by molar-refractivity contribution is 6.04. The first-order valence-corrected chi connectivity index (χ1v) is 10.9. The Bertz CT molecular complexity index is 1090. The summed E-state index contributed by atoms with van der Waals surface area (Å²) in [5.41, 5.74) is 1.88. The van der Waals surface area contributed by atoms with E-state index in [1.807, 2.05) is 6.07 Å². The summed E-state index contributed by atoms with van der Waals surface area (Å²) >= 11 is 0. The minimum absolute atomic E-state index is 0.000433. The monoisotopic (exact) mass is 480 g/mol. The van der Waals surface area contributed by atoms with Crippen molar-refractivity contribution in [2.24, 2.45) is 0 Å².